The molecule has 1 heterocycles. The Morgan fingerprint density at radius 1 is 1.00 bits per heavy atom. The summed E-state index contributed by atoms with van der Waals surface area (Å²) in [5.41, 5.74) is 7.41. The average molecular weight is 606 g/mol. The highest BCUT2D eigenvalue weighted by atomic mass is 35.5. The summed E-state index contributed by atoms with van der Waals surface area (Å²) in [6, 6.07) is 14.7. The lowest BCUT2D eigenvalue weighted by Gasteiger charge is -2.23. The summed E-state index contributed by atoms with van der Waals surface area (Å²) in [5, 5.41) is 1.30. The summed E-state index contributed by atoms with van der Waals surface area (Å²) in [6.45, 7) is 1.46. The van der Waals surface area contributed by atoms with Crippen LogP contribution in [0.2, 0.25) is 10.0 Å². The minimum Gasteiger partial charge on any atom is -0.487 e. The van der Waals surface area contributed by atoms with Gasteiger partial charge in [0.15, 0.2) is 6.04 Å². The molecule has 0 bridgehead atoms. The van der Waals surface area contributed by atoms with Crippen molar-refractivity contribution in [3.63, 3.8) is 0 Å². The molecule has 1 aromatic heterocycles. The van der Waals surface area contributed by atoms with Crippen LogP contribution >= 0.6 is 23.2 Å². The van der Waals surface area contributed by atoms with Gasteiger partial charge < -0.3 is 20.1 Å². The maximum Gasteiger partial charge on any atom is 0.416 e. The third kappa shape index (κ3) is 6.90. The summed E-state index contributed by atoms with van der Waals surface area (Å²) in [4.78, 5) is 31.1. The van der Waals surface area contributed by atoms with Crippen LogP contribution in [0, 0.1) is 6.92 Å². The predicted octanol–water partition coefficient (Wildman–Crippen LogP) is 6.48. The number of ether oxygens (including phenoxy) is 2. The Balaban J connectivity index is 1.44. The summed E-state index contributed by atoms with van der Waals surface area (Å²) in [7, 11) is 1.38. The summed E-state index contributed by atoms with van der Waals surface area (Å²) in [5.74, 6) is -1.37. The van der Waals surface area contributed by atoms with Gasteiger partial charge in [0.05, 0.1) is 16.3 Å². The molecule has 4 rings (SSSR count). The van der Waals surface area contributed by atoms with E-state index in [1.165, 1.54) is 31.3 Å². The summed E-state index contributed by atoms with van der Waals surface area (Å²) in [6.07, 6.45) is -4.49. The summed E-state index contributed by atoms with van der Waals surface area (Å²) < 4.78 is 49.3. The normalized spacial score (nSPS) is 12.2. The van der Waals surface area contributed by atoms with Crippen molar-refractivity contribution in [1.82, 2.24) is 4.98 Å². The Hall–Kier alpha value is -3.86. The van der Waals surface area contributed by atoms with Crippen LogP contribution in [-0.4, -0.2) is 29.9 Å². The second-order valence-electron chi connectivity index (χ2n) is 9.11. The number of aromatic nitrogens is 1. The highest BCUT2D eigenvalue weighted by Gasteiger charge is 2.31. The molecule has 0 saturated heterocycles. The lowest BCUT2D eigenvalue weighted by atomic mass is 10.1. The second-order valence-corrected chi connectivity index (χ2v) is 9.89. The number of aryl methyl sites for hydroxylation is 1. The standard InChI is InChI=1S/C29H24Cl2F3N3O4/c1-16-6-9-18-4-3-5-23(26(18)36-16)40-15-20-21(30)12-13-22(24(20)31)37(2)27(38)25(35)28(39)41-14-17-7-10-19(11-8-17)29(32,33)34/h3-13,25H,14-15,35H2,1-2H3. The van der Waals surface area contributed by atoms with Crippen LogP contribution in [0.3, 0.4) is 0 Å². The van der Waals surface area contributed by atoms with Gasteiger partial charge in [0, 0.05) is 28.7 Å². The van der Waals surface area contributed by atoms with E-state index >= 15 is 0 Å². The Bertz CT molecular complexity index is 1600. The first kappa shape index (κ1) is 30.1. The van der Waals surface area contributed by atoms with Crippen LogP contribution in [0.4, 0.5) is 18.9 Å². The number of alkyl halides is 3. The van der Waals surface area contributed by atoms with Gasteiger partial charge >= 0.3 is 12.1 Å². The number of anilines is 1. The van der Waals surface area contributed by atoms with E-state index < -0.39 is 29.7 Å². The van der Waals surface area contributed by atoms with E-state index in [2.05, 4.69) is 4.98 Å². The van der Waals surface area contributed by atoms with Crippen molar-refractivity contribution < 1.29 is 32.2 Å². The molecule has 214 valence electrons. The van der Waals surface area contributed by atoms with Gasteiger partial charge in [-0.2, -0.15) is 13.2 Å². The van der Waals surface area contributed by atoms with Crippen molar-refractivity contribution >= 4 is 51.7 Å². The number of hydrogen-bond donors (Lipinski definition) is 1. The van der Waals surface area contributed by atoms with Crippen LogP contribution in [0.1, 0.15) is 22.4 Å². The van der Waals surface area contributed by atoms with Gasteiger partial charge in [0.1, 0.15) is 24.5 Å². The van der Waals surface area contributed by atoms with E-state index in [9.17, 15) is 22.8 Å². The number of para-hydroxylation sites is 1. The molecule has 0 spiro atoms. The number of rotatable bonds is 8. The maximum absolute atomic E-state index is 13.0. The van der Waals surface area contributed by atoms with E-state index in [0.717, 1.165) is 28.1 Å². The van der Waals surface area contributed by atoms with E-state index in [-0.39, 0.29) is 23.9 Å². The number of pyridine rings is 1. The number of likely N-dealkylation sites (N-methyl/N-ethyl adjacent to an activating group) is 1. The zero-order valence-corrected chi connectivity index (χ0v) is 23.3. The molecule has 3 aromatic carbocycles. The van der Waals surface area contributed by atoms with Gasteiger partial charge in [-0.3, -0.25) is 4.79 Å². The lowest BCUT2D eigenvalue weighted by molar-refractivity contribution is -0.149. The van der Waals surface area contributed by atoms with Crippen LogP contribution < -0.4 is 15.4 Å². The molecular formula is C29H24Cl2F3N3O4. The number of esters is 1. The Kier molecular flexibility index (Phi) is 9.06. The summed E-state index contributed by atoms with van der Waals surface area (Å²) >= 11 is 13.0. The highest BCUT2D eigenvalue weighted by Crippen LogP contribution is 2.35. The first-order valence-electron chi connectivity index (χ1n) is 12.2. The molecule has 12 heteroatoms. The minimum atomic E-state index is -4.49. The topological polar surface area (TPSA) is 94.8 Å². The van der Waals surface area contributed by atoms with Crippen LogP contribution in [-0.2, 0) is 33.7 Å². The number of nitrogens with zero attached hydrogens (tertiary/aromatic N) is 2. The number of nitrogens with two attached hydrogens (primary N) is 1. The van der Waals surface area contributed by atoms with Gasteiger partial charge in [-0.25, -0.2) is 9.78 Å². The third-order valence-electron chi connectivity index (χ3n) is 6.23. The van der Waals surface area contributed by atoms with E-state index in [1.54, 1.807) is 6.07 Å². The monoisotopic (exact) mass is 605 g/mol. The molecule has 0 aliphatic heterocycles. The van der Waals surface area contributed by atoms with Crippen molar-refractivity contribution in [2.75, 3.05) is 11.9 Å². The lowest BCUT2D eigenvalue weighted by Crippen LogP contribution is -2.47. The Morgan fingerprint density at radius 2 is 1.71 bits per heavy atom. The third-order valence-corrected chi connectivity index (χ3v) is 7.01. The Morgan fingerprint density at radius 3 is 2.39 bits per heavy atom. The molecule has 1 unspecified atom stereocenters. The fraction of sp³-hybridized carbons (Fsp3) is 0.207. The number of hydrogen-bond acceptors (Lipinski definition) is 6. The van der Waals surface area contributed by atoms with Gasteiger partial charge in [-0.1, -0.05) is 53.5 Å². The molecule has 0 aliphatic rings. The zero-order valence-electron chi connectivity index (χ0n) is 21.8. The first-order chi connectivity index (χ1) is 19.4. The van der Waals surface area contributed by atoms with Crippen LogP contribution in [0.15, 0.2) is 66.7 Å². The zero-order chi connectivity index (χ0) is 29.9. The molecular weight excluding hydrogens is 582 g/mol. The number of benzene rings is 3. The van der Waals surface area contributed by atoms with Gasteiger partial charge in [0.2, 0.25) is 0 Å². The van der Waals surface area contributed by atoms with E-state index in [1.807, 2.05) is 31.2 Å². The fourth-order valence-electron chi connectivity index (χ4n) is 3.92. The molecule has 1 amide bonds. The molecule has 4 aromatic rings. The number of carbonyl (C=O) groups is 2. The second kappa shape index (κ2) is 12.3. The first-order valence-corrected chi connectivity index (χ1v) is 12.9. The Labute approximate surface area is 243 Å². The molecule has 2 N–H and O–H groups in total. The van der Waals surface area contributed by atoms with Crippen molar-refractivity contribution in [2.24, 2.45) is 5.73 Å². The molecule has 0 aliphatic carbocycles. The molecule has 0 saturated carbocycles. The van der Waals surface area contributed by atoms with Gasteiger partial charge in [-0.15, -0.1) is 0 Å². The quantitative estimate of drug-likeness (QED) is 0.182. The number of fused-ring (bicyclic) bond motifs is 1. The molecule has 0 radical (unpaired) electrons. The number of halogens is 5. The van der Waals surface area contributed by atoms with Crippen molar-refractivity contribution in [2.45, 2.75) is 32.4 Å². The molecule has 0 fully saturated rings. The van der Waals surface area contributed by atoms with E-state index in [4.69, 9.17) is 38.4 Å². The van der Waals surface area contributed by atoms with Crippen molar-refractivity contribution in [1.29, 1.82) is 0 Å². The SMILES string of the molecule is Cc1ccc2cccc(OCc3c(Cl)ccc(N(C)C(=O)C(N)C(=O)OCc4ccc(C(F)(F)F)cc4)c3Cl)c2n1. The highest BCUT2D eigenvalue weighted by molar-refractivity contribution is 6.38. The van der Waals surface area contributed by atoms with Gasteiger partial charge in [0.25, 0.3) is 5.91 Å². The smallest absolute Gasteiger partial charge is 0.416 e. The fourth-order valence-corrected chi connectivity index (χ4v) is 4.53. The minimum absolute atomic E-state index is 0.0382. The largest absolute Gasteiger partial charge is 0.487 e. The predicted molar refractivity (Wildman–Crippen MR) is 150 cm³/mol. The van der Waals surface area contributed by atoms with Crippen LogP contribution in [0.25, 0.3) is 10.9 Å². The molecule has 7 nitrogen and oxygen atoms in total. The maximum atomic E-state index is 13.0. The average Bonchev–Trinajstić information content (AvgIpc) is 2.94. The van der Waals surface area contributed by atoms with Crippen LogP contribution in [0.5, 0.6) is 5.75 Å². The molecule has 1 atom stereocenters. The molecule has 41 heavy (non-hydrogen) atoms. The number of carbonyl (C=O) groups excluding carboxylic acids is 2. The van der Waals surface area contributed by atoms with Gasteiger partial charge in [-0.05, 0) is 48.9 Å². The number of amides is 1. The van der Waals surface area contributed by atoms with Crippen molar-refractivity contribution in [3.8, 4) is 5.75 Å². The van der Waals surface area contributed by atoms with E-state index in [0.29, 0.717) is 27.4 Å². The van der Waals surface area contributed by atoms with Crippen molar-refractivity contribution in [3.05, 3.63) is 99.2 Å².